The molecule has 1 heterocycles. The molecule has 0 radical (unpaired) electrons. The fourth-order valence-corrected chi connectivity index (χ4v) is 3.17. The van der Waals surface area contributed by atoms with E-state index in [-0.39, 0.29) is 41.2 Å². The van der Waals surface area contributed by atoms with Crippen molar-refractivity contribution in [1.29, 1.82) is 5.26 Å². The zero-order chi connectivity index (χ0) is 25.2. The van der Waals surface area contributed by atoms with Crippen LogP contribution in [0, 0.1) is 11.3 Å². The number of anilines is 1. The SMILES string of the molecule is CCOC(=O)COc1cc(Cl)c(C=NNc2nc(-c3ccccc3)c(C#N)c(=O)[nH]2)cc1OCC. The largest absolute Gasteiger partial charge is 0.490 e. The summed E-state index contributed by atoms with van der Waals surface area (Å²) in [5.74, 6) is 0.166. The highest BCUT2D eigenvalue weighted by molar-refractivity contribution is 6.33. The summed E-state index contributed by atoms with van der Waals surface area (Å²) >= 11 is 6.35. The Morgan fingerprint density at radius 1 is 1.20 bits per heavy atom. The molecule has 2 N–H and O–H groups in total. The summed E-state index contributed by atoms with van der Waals surface area (Å²) in [6.45, 7) is 3.81. The molecular weight excluding hydrogens is 474 g/mol. The number of aromatic nitrogens is 2. The van der Waals surface area contributed by atoms with Gasteiger partial charge in [-0.3, -0.25) is 9.78 Å². The average molecular weight is 496 g/mol. The standard InChI is InChI=1S/C24H22ClN5O5/c1-3-33-19-10-16(18(25)11-20(19)35-14-21(31)34-4-2)13-27-30-24-28-22(15-8-6-5-7-9-15)17(12-26)23(32)29-24/h5-11,13H,3-4,14H2,1-2H3,(H2,28,29,30,32). The van der Waals surface area contributed by atoms with Gasteiger partial charge in [-0.15, -0.1) is 0 Å². The lowest BCUT2D eigenvalue weighted by Crippen LogP contribution is -2.16. The average Bonchev–Trinajstić information content (AvgIpc) is 2.85. The third-order valence-corrected chi connectivity index (χ3v) is 4.79. The Labute approximate surface area is 206 Å². The number of hydrazone groups is 1. The Kier molecular flexibility index (Phi) is 8.81. The number of carbonyl (C=O) groups excluding carboxylic acids is 1. The minimum Gasteiger partial charge on any atom is -0.490 e. The molecule has 0 aliphatic heterocycles. The van der Waals surface area contributed by atoms with Crippen molar-refractivity contribution in [3.63, 3.8) is 0 Å². The first-order valence-corrected chi connectivity index (χ1v) is 11.0. The molecule has 180 valence electrons. The molecule has 0 fully saturated rings. The maximum absolute atomic E-state index is 12.4. The van der Waals surface area contributed by atoms with E-state index in [0.29, 0.717) is 23.5 Å². The maximum atomic E-state index is 12.4. The Morgan fingerprint density at radius 3 is 2.63 bits per heavy atom. The van der Waals surface area contributed by atoms with E-state index < -0.39 is 11.5 Å². The third-order valence-electron chi connectivity index (χ3n) is 4.47. The van der Waals surface area contributed by atoms with Crippen LogP contribution in [0.25, 0.3) is 11.3 Å². The highest BCUT2D eigenvalue weighted by Crippen LogP contribution is 2.33. The summed E-state index contributed by atoms with van der Waals surface area (Å²) in [6.07, 6.45) is 1.40. The fourth-order valence-electron chi connectivity index (χ4n) is 2.97. The number of hydrogen-bond acceptors (Lipinski definition) is 9. The Morgan fingerprint density at radius 2 is 1.94 bits per heavy atom. The van der Waals surface area contributed by atoms with Crippen LogP contribution in [0.3, 0.4) is 0 Å². The third kappa shape index (κ3) is 6.59. The van der Waals surface area contributed by atoms with Crippen LogP contribution in [0.5, 0.6) is 11.5 Å². The number of ether oxygens (including phenoxy) is 3. The molecule has 1 aromatic heterocycles. The summed E-state index contributed by atoms with van der Waals surface area (Å²) < 4.78 is 15.9. The molecule has 35 heavy (non-hydrogen) atoms. The maximum Gasteiger partial charge on any atom is 0.344 e. The lowest BCUT2D eigenvalue weighted by atomic mass is 10.1. The van der Waals surface area contributed by atoms with E-state index >= 15 is 0 Å². The predicted molar refractivity (Wildman–Crippen MR) is 131 cm³/mol. The number of esters is 1. The summed E-state index contributed by atoms with van der Waals surface area (Å²) in [5.41, 5.74) is 3.27. The van der Waals surface area contributed by atoms with E-state index in [1.165, 1.54) is 12.3 Å². The second-order valence-electron chi connectivity index (χ2n) is 6.83. The lowest BCUT2D eigenvalue weighted by Gasteiger charge is -2.13. The molecule has 0 aliphatic carbocycles. The van der Waals surface area contributed by atoms with Gasteiger partial charge in [0.15, 0.2) is 18.1 Å². The normalized spacial score (nSPS) is 10.6. The van der Waals surface area contributed by atoms with Crippen molar-refractivity contribution in [1.82, 2.24) is 9.97 Å². The molecule has 3 rings (SSSR count). The number of halogens is 1. The smallest absolute Gasteiger partial charge is 0.344 e. The number of H-pyrrole nitrogens is 1. The van der Waals surface area contributed by atoms with E-state index in [1.807, 2.05) is 12.1 Å². The topological polar surface area (TPSA) is 139 Å². The highest BCUT2D eigenvalue weighted by atomic mass is 35.5. The number of nitriles is 1. The molecule has 0 amide bonds. The Hall–Kier alpha value is -4.36. The highest BCUT2D eigenvalue weighted by Gasteiger charge is 2.14. The first-order valence-electron chi connectivity index (χ1n) is 10.6. The van der Waals surface area contributed by atoms with Crippen molar-refractivity contribution in [3.8, 4) is 28.8 Å². The minimum absolute atomic E-state index is 0.0413. The molecule has 2 aromatic carbocycles. The number of rotatable bonds is 10. The van der Waals surface area contributed by atoms with Crippen LogP contribution >= 0.6 is 11.6 Å². The zero-order valence-corrected chi connectivity index (χ0v) is 19.8. The van der Waals surface area contributed by atoms with Crippen LogP contribution in [0.15, 0.2) is 52.4 Å². The number of benzene rings is 2. The molecule has 0 spiro atoms. The molecule has 11 heteroatoms. The van der Waals surface area contributed by atoms with Crippen molar-refractivity contribution in [3.05, 3.63) is 69.0 Å². The van der Waals surface area contributed by atoms with Gasteiger partial charge in [0.05, 0.1) is 30.1 Å². The van der Waals surface area contributed by atoms with Gasteiger partial charge in [0, 0.05) is 17.2 Å². The van der Waals surface area contributed by atoms with Crippen LogP contribution in [0.2, 0.25) is 5.02 Å². The number of carbonyl (C=O) groups is 1. The monoisotopic (exact) mass is 495 g/mol. The van der Waals surface area contributed by atoms with Crippen molar-refractivity contribution in [2.45, 2.75) is 13.8 Å². The van der Waals surface area contributed by atoms with Gasteiger partial charge < -0.3 is 14.2 Å². The molecule has 10 nitrogen and oxygen atoms in total. The number of nitrogens with zero attached hydrogens (tertiary/aromatic N) is 3. The predicted octanol–water partition coefficient (Wildman–Crippen LogP) is 3.75. The van der Waals surface area contributed by atoms with E-state index in [4.69, 9.17) is 25.8 Å². The van der Waals surface area contributed by atoms with Crippen molar-refractivity contribution < 1.29 is 19.0 Å². The first kappa shape index (κ1) is 25.3. The number of aromatic amines is 1. The lowest BCUT2D eigenvalue weighted by molar-refractivity contribution is -0.145. The molecule has 0 saturated heterocycles. The van der Waals surface area contributed by atoms with Gasteiger partial charge in [-0.25, -0.2) is 15.2 Å². The van der Waals surface area contributed by atoms with Gasteiger partial charge in [0.2, 0.25) is 5.95 Å². The van der Waals surface area contributed by atoms with Crippen LogP contribution in [-0.4, -0.2) is 42.0 Å². The zero-order valence-electron chi connectivity index (χ0n) is 19.0. The molecule has 0 unspecified atom stereocenters. The van der Waals surface area contributed by atoms with Crippen LogP contribution in [0.1, 0.15) is 25.0 Å². The van der Waals surface area contributed by atoms with Gasteiger partial charge in [-0.05, 0) is 19.9 Å². The van der Waals surface area contributed by atoms with E-state index in [2.05, 4.69) is 20.5 Å². The van der Waals surface area contributed by atoms with Crippen molar-refractivity contribution in [2.75, 3.05) is 25.2 Å². The van der Waals surface area contributed by atoms with Crippen LogP contribution < -0.4 is 20.5 Å². The van der Waals surface area contributed by atoms with Gasteiger partial charge in [-0.2, -0.15) is 10.4 Å². The van der Waals surface area contributed by atoms with Gasteiger partial charge in [0.25, 0.3) is 5.56 Å². The quantitative estimate of drug-likeness (QED) is 0.246. The second kappa shape index (κ2) is 12.2. The summed E-state index contributed by atoms with van der Waals surface area (Å²) in [6, 6.07) is 13.9. The molecule has 0 aliphatic rings. The molecule has 0 saturated carbocycles. The molecular formula is C24H22ClN5O5. The molecule has 0 bridgehead atoms. The van der Waals surface area contributed by atoms with E-state index in [1.54, 1.807) is 44.2 Å². The van der Waals surface area contributed by atoms with Crippen molar-refractivity contribution in [2.24, 2.45) is 5.10 Å². The number of nitrogens with one attached hydrogen (secondary N) is 2. The van der Waals surface area contributed by atoms with Crippen LogP contribution in [-0.2, 0) is 9.53 Å². The Bertz CT molecular complexity index is 1320. The molecule has 0 atom stereocenters. The summed E-state index contributed by atoms with van der Waals surface area (Å²) in [5, 5.41) is 13.7. The first-order chi connectivity index (χ1) is 17.0. The molecule has 3 aromatic rings. The summed E-state index contributed by atoms with van der Waals surface area (Å²) in [7, 11) is 0. The van der Waals surface area contributed by atoms with Gasteiger partial charge in [0.1, 0.15) is 11.6 Å². The second-order valence-corrected chi connectivity index (χ2v) is 7.24. The Balaban J connectivity index is 1.83. The minimum atomic E-state index is -0.598. The van der Waals surface area contributed by atoms with E-state index in [9.17, 15) is 14.9 Å². The number of hydrogen-bond donors (Lipinski definition) is 2. The van der Waals surface area contributed by atoms with Crippen LogP contribution in [0.4, 0.5) is 5.95 Å². The van der Waals surface area contributed by atoms with Gasteiger partial charge >= 0.3 is 5.97 Å². The van der Waals surface area contributed by atoms with Gasteiger partial charge in [-0.1, -0.05) is 41.9 Å². The van der Waals surface area contributed by atoms with Crippen molar-refractivity contribution >= 4 is 29.7 Å². The summed E-state index contributed by atoms with van der Waals surface area (Å²) in [4.78, 5) is 30.8. The van der Waals surface area contributed by atoms with E-state index in [0.717, 1.165) is 0 Å². The fraction of sp³-hybridized carbons (Fsp3) is 0.208.